The molecule has 0 amide bonds. The van der Waals surface area contributed by atoms with Gasteiger partial charge < -0.3 is 10.1 Å². The molecule has 0 bridgehead atoms. The van der Waals surface area contributed by atoms with E-state index < -0.39 is 6.36 Å². The van der Waals surface area contributed by atoms with Crippen LogP contribution in [0.3, 0.4) is 0 Å². The van der Waals surface area contributed by atoms with E-state index in [1.54, 1.807) is 23.9 Å². The number of nitrogens with one attached hydrogen (secondary N) is 1. The molecule has 0 aromatic heterocycles. The minimum atomic E-state index is -4.67. The second kappa shape index (κ2) is 7.13. The van der Waals surface area contributed by atoms with Crippen molar-refractivity contribution in [2.45, 2.75) is 13.3 Å². The van der Waals surface area contributed by atoms with Crippen molar-refractivity contribution >= 4 is 33.4 Å². The first-order valence-corrected chi connectivity index (χ1v) is 7.24. The first-order chi connectivity index (χ1) is 8.42. The molecular weight excluding hydrogens is 331 g/mol. The summed E-state index contributed by atoms with van der Waals surface area (Å²) in [6.07, 6.45) is -4.67. The van der Waals surface area contributed by atoms with Crippen LogP contribution in [0.1, 0.15) is 6.92 Å². The van der Waals surface area contributed by atoms with Gasteiger partial charge in [0.25, 0.3) is 0 Å². The fourth-order valence-corrected chi connectivity index (χ4v) is 2.22. The SMILES string of the molecule is CCSCCNc1ccc(OC(F)(F)F)c(Br)c1. The van der Waals surface area contributed by atoms with Crippen molar-refractivity contribution in [1.82, 2.24) is 0 Å². The molecule has 7 heteroatoms. The van der Waals surface area contributed by atoms with Crippen molar-refractivity contribution in [2.24, 2.45) is 0 Å². The molecule has 0 atom stereocenters. The van der Waals surface area contributed by atoms with E-state index in [-0.39, 0.29) is 10.2 Å². The third-order valence-electron chi connectivity index (χ3n) is 1.94. The van der Waals surface area contributed by atoms with E-state index in [0.717, 1.165) is 23.7 Å². The summed E-state index contributed by atoms with van der Waals surface area (Å²) in [5, 5.41) is 3.12. The second-order valence-electron chi connectivity index (χ2n) is 3.32. The summed E-state index contributed by atoms with van der Waals surface area (Å²) in [5.41, 5.74) is 0.758. The number of halogens is 4. The minimum absolute atomic E-state index is 0.240. The van der Waals surface area contributed by atoms with Gasteiger partial charge in [0.05, 0.1) is 4.47 Å². The van der Waals surface area contributed by atoms with E-state index in [2.05, 4.69) is 32.9 Å². The van der Waals surface area contributed by atoms with Crippen LogP contribution in [0, 0.1) is 0 Å². The van der Waals surface area contributed by atoms with E-state index in [1.807, 2.05) is 0 Å². The quantitative estimate of drug-likeness (QED) is 0.767. The number of ether oxygens (including phenoxy) is 1. The average molecular weight is 344 g/mol. The van der Waals surface area contributed by atoms with E-state index in [9.17, 15) is 13.2 Å². The number of alkyl halides is 3. The average Bonchev–Trinajstić information content (AvgIpc) is 2.26. The molecule has 0 unspecified atom stereocenters. The number of benzene rings is 1. The summed E-state index contributed by atoms with van der Waals surface area (Å²) in [4.78, 5) is 0. The number of hydrogen-bond donors (Lipinski definition) is 1. The van der Waals surface area contributed by atoms with Crippen LogP contribution in [0.25, 0.3) is 0 Å². The molecule has 0 radical (unpaired) electrons. The van der Waals surface area contributed by atoms with Crippen molar-refractivity contribution in [2.75, 3.05) is 23.4 Å². The Hall–Kier alpha value is -0.560. The highest BCUT2D eigenvalue weighted by Gasteiger charge is 2.31. The summed E-state index contributed by atoms with van der Waals surface area (Å²) in [5.74, 6) is 1.76. The third kappa shape index (κ3) is 5.86. The predicted molar refractivity (Wildman–Crippen MR) is 72.3 cm³/mol. The minimum Gasteiger partial charge on any atom is -0.405 e. The molecule has 0 spiro atoms. The van der Waals surface area contributed by atoms with Gasteiger partial charge in [0.1, 0.15) is 5.75 Å². The van der Waals surface area contributed by atoms with Gasteiger partial charge in [-0.05, 0) is 39.9 Å². The van der Waals surface area contributed by atoms with Crippen LogP contribution >= 0.6 is 27.7 Å². The molecule has 0 aliphatic rings. The van der Waals surface area contributed by atoms with Gasteiger partial charge in [0, 0.05) is 18.0 Å². The number of rotatable bonds is 6. The molecule has 2 nitrogen and oxygen atoms in total. The summed E-state index contributed by atoms with van der Waals surface area (Å²) < 4.78 is 40.3. The topological polar surface area (TPSA) is 21.3 Å². The predicted octanol–water partition coefficient (Wildman–Crippen LogP) is 4.51. The summed E-state index contributed by atoms with van der Waals surface area (Å²) in [7, 11) is 0. The molecule has 102 valence electrons. The Kier molecular flexibility index (Phi) is 6.14. The van der Waals surface area contributed by atoms with Crippen LogP contribution < -0.4 is 10.1 Å². The maximum atomic E-state index is 12.0. The van der Waals surface area contributed by atoms with Crippen LogP contribution in [0.15, 0.2) is 22.7 Å². The lowest BCUT2D eigenvalue weighted by Crippen LogP contribution is -2.17. The largest absolute Gasteiger partial charge is 0.573 e. The molecule has 0 saturated heterocycles. The zero-order chi connectivity index (χ0) is 13.6. The fourth-order valence-electron chi connectivity index (χ4n) is 1.23. The smallest absolute Gasteiger partial charge is 0.405 e. The molecule has 1 rings (SSSR count). The number of anilines is 1. The third-order valence-corrected chi connectivity index (χ3v) is 3.46. The van der Waals surface area contributed by atoms with Gasteiger partial charge in [-0.15, -0.1) is 13.2 Å². The molecule has 1 aromatic carbocycles. The van der Waals surface area contributed by atoms with Crippen LogP contribution in [-0.2, 0) is 0 Å². The Labute approximate surface area is 116 Å². The van der Waals surface area contributed by atoms with Crippen LogP contribution in [-0.4, -0.2) is 24.4 Å². The lowest BCUT2D eigenvalue weighted by Gasteiger charge is -2.12. The molecular formula is C11H13BrF3NOS. The lowest BCUT2D eigenvalue weighted by molar-refractivity contribution is -0.274. The normalized spacial score (nSPS) is 11.4. The van der Waals surface area contributed by atoms with Gasteiger partial charge >= 0.3 is 6.36 Å². The van der Waals surface area contributed by atoms with Crippen molar-refractivity contribution in [3.63, 3.8) is 0 Å². The molecule has 1 N–H and O–H groups in total. The first kappa shape index (κ1) is 15.5. The van der Waals surface area contributed by atoms with Gasteiger partial charge in [-0.2, -0.15) is 11.8 Å². The molecule has 1 aromatic rings. The Morgan fingerprint density at radius 2 is 2.11 bits per heavy atom. The number of thioether (sulfide) groups is 1. The first-order valence-electron chi connectivity index (χ1n) is 5.29. The maximum absolute atomic E-state index is 12.0. The van der Waals surface area contributed by atoms with Gasteiger partial charge in [0.2, 0.25) is 0 Å². The standard InChI is InChI=1S/C11H13BrF3NOS/c1-2-18-6-5-16-8-3-4-10(9(12)7-8)17-11(13,14)15/h3-4,7,16H,2,5-6H2,1H3. The van der Waals surface area contributed by atoms with E-state index in [1.165, 1.54) is 6.07 Å². The van der Waals surface area contributed by atoms with Gasteiger partial charge in [-0.1, -0.05) is 6.92 Å². The van der Waals surface area contributed by atoms with Crippen molar-refractivity contribution < 1.29 is 17.9 Å². The highest BCUT2D eigenvalue weighted by Crippen LogP contribution is 2.32. The highest BCUT2D eigenvalue weighted by atomic mass is 79.9. The fraction of sp³-hybridized carbons (Fsp3) is 0.455. The van der Waals surface area contributed by atoms with Crippen LogP contribution in [0.5, 0.6) is 5.75 Å². The monoisotopic (exact) mass is 343 g/mol. The Morgan fingerprint density at radius 3 is 2.67 bits per heavy atom. The summed E-state index contributed by atoms with van der Waals surface area (Å²) >= 11 is 4.85. The number of hydrogen-bond acceptors (Lipinski definition) is 3. The molecule has 18 heavy (non-hydrogen) atoms. The van der Waals surface area contributed by atoms with Gasteiger partial charge in [-0.3, -0.25) is 0 Å². The maximum Gasteiger partial charge on any atom is 0.573 e. The van der Waals surface area contributed by atoms with E-state index >= 15 is 0 Å². The molecule has 0 fully saturated rings. The highest BCUT2D eigenvalue weighted by molar-refractivity contribution is 9.10. The van der Waals surface area contributed by atoms with Gasteiger partial charge in [0.15, 0.2) is 0 Å². The van der Waals surface area contributed by atoms with Gasteiger partial charge in [-0.25, -0.2) is 0 Å². The molecule has 0 heterocycles. The Bertz CT molecular complexity index is 387. The van der Waals surface area contributed by atoms with Crippen LogP contribution in [0.2, 0.25) is 0 Å². The molecule has 0 saturated carbocycles. The van der Waals surface area contributed by atoms with E-state index in [4.69, 9.17) is 0 Å². The lowest BCUT2D eigenvalue weighted by atomic mass is 10.3. The van der Waals surface area contributed by atoms with Crippen molar-refractivity contribution in [3.05, 3.63) is 22.7 Å². The van der Waals surface area contributed by atoms with E-state index in [0.29, 0.717) is 0 Å². The zero-order valence-corrected chi connectivity index (χ0v) is 12.1. The van der Waals surface area contributed by atoms with Crippen molar-refractivity contribution in [1.29, 1.82) is 0 Å². The second-order valence-corrected chi connectivity index (χ2v) is 5.56. The molecule has 0 aliphatic heterocycles. The molecule has 0 aliphatic carbocycles. The van der Waals surface area contributed by atoms with Crippen LogP contribution in [0.4, 0.5) is 18.9 Å². The zero-order valence-electron chi connectivity index (χ0n) is 9.68. The summed E-state index contributed by atoms with van der Waals surface area (Å²) in [6, 6.07) is 4.41. The summed E-state index contributed by atoms with van der Waals surface area (Å²) in [6.45, 7) is 2.84. The Balaban J connectivity index is 2.56. The Morgan fingerprint density at radius 1 is 1.39 bits per heavy atom. The van der Waals surface area contributed by atoms with Crippen molar-refractivity contribution in [3.8, 4) is 5.75 Å².